The number of benzene rings is 6. The molecule has 0 atom stereocenters. The first-order valence-corrected chi connectivity index (χ1v) is 20.3. The molecule has 8 rings (SSSR count). The minimum absolute atomic E-state index is 0.0508. The zero-order valence-corrected chi connectivity index (χ0v) is 34.7. The standard InChI is InChI=1S/C54H53N3O/c1-33(2)40-30-47(34(3)4)52(58)48(31-40)53-56-51-46(16-13-17-50(51)57(53)44-22-23-45(36(6)26-44)38-14-11-10-12-15-38)41-27-42(29-43(28-41)54(7,8)9)49-32-39(24-25-55-49)37-20-18-35(5)19-21-37/h10-34,58H,1-9H3/i6D3. The van der Waals surface area contributed by atoms with E-state index in [1.54, 1.807) is 6.07 Å². The van der Waals surface area contributed by atoms with Crippen molar-refractivity contribution in [3.8, 4) is 67.5 Å². The highest BCUT2D eigenvalue weighted by atomic mass is 16.3. The summed E-state index contributed by atoms with van der Waals surface area (Å²) >= 11 is 0. The Morgan fingerprint density at radius 3 is 2.10 bits per heavy atom. The normalized spacial score (nSPS) is 12.9. The molecule has 0 aliphatic rings. The maximum Gasteiger partial charge on any atom is 0.149 e. The van der Waals surface area contributed by atoms with Gasteiger partial charge in [-0.3, -0.25) is 9.55 Å². The Morgan fingerprint density at radius 2 is 1.40 bits per heavy atom. The van der Waals surface area contributed by atoms with Gasteiger partial charge in [-0.15, -0.1) is 0 Å². The lowest BCUT2D eigenvalue weighted by Crippen LogP contribution is -2.11. The summed E-state index contributed by atoms with van der Waals surface area (Å²) in [6.07, 6.45) is 1.88. The number of para-hydroxylation sites is 1. The fourth-order valence-electron chi connectivity index (χ4n) is 7.82. The summed E-state index contributed by atoms with van der Waals surface area (Å²) in [6, 6.07) is 45.0. The van der Waals surface area contributed by atoms with Crippen LogP contribution in [0.1, 0.15) is 92.2 Å². The summed E-state index contributed by atoms with van der Waals surface area (Å²) in [6.45, 7) is 14.8. The summed E-state index contributed by atoms with van der Waals surface area (Å²) in [5, 5.41) is 12.1. The molecular weight excluding hydrogens is 707 g/mol. The lowest BCUT2D eigenvalue weighted by Gasteiger charge is -2.22. The first-order valence-electron chi connectivity index (χ1n) is 21.8. The summed E-state index contributed by atoms with van der Waals surface area (Å²) < 4.78 is 28.1. The van der Waals surface area contributed by atoms with Crippen LogP contribution in [0, 0.1) is 13.8 Å². The monoisotopic (exact) mass is 762 g/mol. The minimum Gasteiger partial charge on any atom is -0.507 e. The van der Waals surface area contributed by atoms with E-state index in [1.165, 1.54) is 5.56 Å². The van der Waals surface area contributed by atoms with E-state index >= 15 is 0 Å². The second-order valence-electron chi connectivity index (χ2n) is 17.2. The average Bonchev–Trinajstić information content (AvgIpc) is 3.63. The molecular formula is C54H53N3O. The van der Waals surface area contributed by atoms with Crippen molar-refractivity contribution in [3.05, 3.63) is 167 Å². The van der Waals surface area contributed by atoms with E-state index in [9.17, 15) is 5.11 Å². The van der Waals surface area contributed by atoms with Crippen molar-refractivity contribution in [2.45, 2.75) is 79.5 Å². The molecule has 0 radical (unpaired) electrons. The van der Waals surface area contributed by atoms with Crippen molar-refractivity contribution in [2.24, 2.45) is 0 Å². The van der Waals surface area contributed by atoms with Crippen LogP contribution in [0.4, 0.5) is 0 Å². The molecule has 0 aliphatic heterocycles. The number of rotatable bonds is 8. The van der Waals surface area contributed by atoms with Crippen LogP contribution in [0.3, 0.4) is 0 Å². The van der Waals surface area contributed by atoms with E-state index < -0.39 is 6.85 Å². The van der Waals surface area contributed by atoms with Crippen molar-refractivity contribution < 1.29 is 9.22 Å². The number of phenolic OH excluding ortho intramolecular Hbond substituents is 1. The van der Waals surface area contributed by atoms with Crippen molar-refractivity contribution in [1.29, 1.82) is 0 Å². The number of aryl methyl sites for hydroxylation is 2. The molecule has 0 amide bonds. The van der Waals surface area contributed by atoms with Gasteiger partial charge in [0.1, 0.15) is 11.6 Å². The highest BCUT2D eigenvalue weighted by Crippen LogP contribution is 2.43. The van der Waals surface area contributed by atoms with Crippen molar-refractivity contribution in [1.82, 2.24) is 14.5 Å². The molecule has 0 aliphatic carbocycles. The number of pyridine rings is 1. The van der Waals surface area contributed by atoms with E-state index in [0.29, 0.717) is 22.6 Å². The Morgan fingerprint density at radius 1 is 0.638 bits per heavy atom. The molecule has 4 nitrogen and oxygen atoms in total. The van der Waals surface area contributed by atoms with Crippen molar-refractivity contribution in [3.63, 3.8) is 0 Å². The topological polar surface area (TPSA) is 50.9 Å². The number of nitrogens with zero attached hydrogens (tertiary/aromatic N) is 3. The number of phenols is 1. The maximum atomic E-state index is 12.1. The smallest absolute Gasteiger partial charge is 0.149 e. The Bertz CT molecular complexity index is 2900. The molecule has 2 heterocycles. The first kappa shape index (κ1) is 34.9. The van der Waals surface area contributed by atoms with Gasteiger partial charge in [-0.1, -0.05) is 139 Å². The Labute approximate surface area is 348 Å². The van der Waals surface area contributed by atoms with Gasteiger partial charge in [0.25, 0.3) is 0 Å². The number of aromatic nitrogens is 3. The quantitative estimate of drug-likeness (QED) is 0.168. The van der Waals surface area contributed by atoms with Crippen LogP contribution < -0.4 is 0 Å². The molecule has 0 saturated heterocycles. The molecule has 8 aromatic rings. The third-order valence-electron chi connectivity index (χ3n) is 11.3. The van der Waals surface area contributed by atoms with E-state index in [-0.39, 0.29) is 28.6 Å². The summed E-state index contributed by atoms with van der Waals surface area (Å²) in [5.41, 5.74) is 14.6. The number of aromatic hydroxyl groups is 1. The van der Waals surface area contributed by atoms with Gasteiger partial charge in [0.15, 0.2) is 0 Å². The largest absolute Gasteiger partial charge is 0.507 e. The highest BCUT2D eigenvalue weighted by molar-refractivity contribution is 5.97. The predicted molar refractivity (Wildman–Crippen MR) is 244 cm³/mol. The van der Waals surface area contributed by atoms with Gasteiger partial charge in [0, 0.05) is 27.1 Å². The molecule has 0 unspecified atom stereocenters. The number of fused-ring (bicyclic) bond motifs is 1. The number of hydrogen-bond donors (Lipinski definition) is 1. The Kier molecular flexibility index (Phi) is 9.19. The van der Waals surface area contributed by atoms with Crippen LogP contribution in [-0.2, 0) is 5.41 Å². The third-order valence-corrected chi connectivity index (χ3v) is 11.3. The molecule has 0 fully saturated rings. The predicted octanol–water partition coefficient (Wildman–Crippen LogP) is 14.6. The maximum absolute atomic E-state index is 12.1. The first-order chi connectivity index (χ1) is 29.0. The fourth-order valence-corrected chi connectivity index (χ4v) is 7.82. The number of imidazole rings is 1. The van der Waals surface area contributed by atoms with E-state index in [0.717, 1.165) is 66.8 Å². The molecule has 4 heteroatoms. The molecule has 6 aromatic carbocycles. The van der Waals surface area contributed by atoms with Crippen LogP contribution in [-0.4, -0.2) is 19.6 Å². The second-order valence-corrected chi connectivity index (χ2v) is 17.2. The molecule has 2 aromatic heterocycles. The molecule has 0 saturated carbocycles. The van der Waals surface area contributed by atoms with Crippen LogP contribution in [0.25, 0.3) is 72.7 Å². The van der Waals surface area contributed by atoms with Gasteiger partial charge in [0.05, 0.1) is 22.3 Å². The van der Waals surface area contributed by atoms with Gasteiger partial charge in [-0.25, -0.2) is 4.98 Å². The van der Waals surface area contributed by atoms with E-state index in [2.05, 4.69) is 122 Å². The summed E-state index contributed by atoms with van der Waals surface area (Å²) in [7, 11) is 0. The summed E-state index contributed by atoms with van der Waals surface area (Å²) in [5.74, 6) is 0.947. The zero-order valence-electron chi connectivity index (χ0n) is 37.7. The van der Waals surface area contributed by atoms with E-state index in [4.69, 9.17) is 14.1 Å². The van der Waals surface area contributed by atoms with Gasteiger partial charge in [-0.2, -0.15) is 0 Å². The molecule has 0 bridgehead atoms. The van der Waals surface area contributed by atoms with E-state index in [1.807, 2.05) is 71.4 Å². The van der Waals surface area contributed by atoms with Crippen molar-refractivity contribution >= 4 is 11.0 Å². The molecule has 58 heavy (non-hydrogen) atoms. The Hall–Kier alpha value is -6.26. The molecule has 0 spiro atoms. The highest BCUT2D eigenvalue weighted by Gasteiger charge is 2.25. The second kappa shape index (κ2) is 15.2. The van der Waals surface area contributed by atoms with Gasteiger partial charge in [-0.05, 0) is 130 Å². The average molecular weight is 763 g/mol. The van der Waals surface area contributed by atoms with Crippen LogP contribution in [0.15, 0.2) is 140 Å². The van der Waals surface area contributed by atoms with Crippen LogP contribution in [0.5, 0.6) is 5.75 Å². The zero-order chi connectivity index (χ0) is 43.4. The van der Waals surface area contributed by atoms with Crippen LogP contribution >= 0.6 is 0 Å². The van der Waals surface area contributed by atoms with Crippen molar-refractivity contribution in [2.75, 3.05) is 0 Å². The third kappa shape index (κ3) is 7.36. The lowest BCUT2D eigenvalue weighted by atomic mass is 9.83. The summed E-state index contributed by atoms with van der Waals surface area (Å²) in [4.78, 5) is 10.4. The SMILES string of the molecule is [2H]C([2H])([2H])c1cc(-n2c(-c3cc(C(C)C)cc(C(C)C)c3O)nc3c(-c4cc(-c5cc(-c6ccc(C)cc6)ccn5)cc(C(C)(C)C)c4)cccc32)ccc1-c1ccccc1. The lowest BCUT2D eigenvalue weighted by molar-refractivity contribution is 0.466. The van der Waals surface area contributed by atoms with Gasteiger partial charge < -0.3 is 5.11 Å². The minimum atomic E-state index is -2.40. The molecule has 1 N–H and O–H groups in total. The van der Waals surface area contributed by atoms with Crippen LogP contribution in [0.2, 0.25) is 0 Å². The Balaban J connectivity index is 1.41. The fraction of sp³-hybridized carbons (Fsp3) is 0.222. The number of hydrogen-bond acceptors (Lipinski definition) is 3. The molecule has 290 valence electrons. The van der Waals surface area contributed by atoms with Gasteiger partial charge >= 0.3 is 0 Å². The van der Waals surface area contributed by atoms with Gasteiger partial charge in [0.2, 0.25) is 0 Å².